The lowest BCUT2D eigenvalue weighted by Gasteiger charge is -2.26. The van der Waals surface area contributed by atoms with Crippen LogP contribution in [0.15, 0.2) is 0 Å². The van der Waals surface area contributed by atoms with Crippen molar-refractivity contribution in [2.24, 2.45) is 0 Å². The van der Waals surface area contributed by atoms with Crippen molar-refractivity contribution >= 4 is 5.91 Å². The summed E-state index contributed by atoms with van der Waals surface area (Å²) in [6.45, 7) is 7.15. The molecule has 2 unspecified atom stereocenters. The molecule has 3 rings (SSSR count). The molecule has 2 fully saturated rings. The highest BCUT2D eigenvalue weighted by atomic mass is 16.7. The van der Waals surface area contributed by atoms with Gasteiger partial charge in [-0.2, -0.15) is 5.10 Å². The number of aromatic nitrogens is 2. The minimum atomic E-state index is -0.385. The maximum atomic E-state index is 12.3. The first-order valence-electron chi connectivity index (χ1n) is 9.59. The SMILES string of the molecule is Cc1n[nH]c(C)c1C(C)CC(=O)NCC1COC2(CCCCCC2)O1. The van der Waals surface area contributed by atoms with Gasteiger partial charge in [0.2, 0.25) is 5.91 Å². The molecule has 1 aliphatic heterocycles. The summed E-state index contributed by atoms with van der Waals surface area (Å²) < 4.78 is 12.2. The molecule has 6 heteroatoms. The molecule has 2 heterocycles. The lowest BCUT2D eigenvalue weighted by Crippen LogP contribution is -2.36. The second-order valence-electron chi connectivity index (χ2n) is 7.63. The highest BCUT2D eigenvalue weighted by Gasteiger charge is 2.41. The van der Waals surface area contributed by atoms with Gasteiger partial charge in [-0.1, -0.05) is 19.8 Å². The Kier molecular flexibility index (Phi) is 5.79. The zero-order valence-corrected chi connectivity index (χ0v) is 15.7. The smallest absolute Gasteiger partial charge is 0.220 e. The maximum Gasteiger partial charge on any atom is 0.220 e. The highest BCUT2D eigenvalue weighted by molar-refractivity contribution is 5.76. The second kappa shape index (κ2) is 7.87. The molecule has 25 heavy (non-hydrogen) atoms. The molecule has 1 saturated carbocycles. The molecule has 2 N–H and O–H groups in total. The van der Waals surface area contributed by atoms with Crippen LogP contribution in [0, 0.1) is 13.8 Å². The van der Waals surface area contributed by atoms with Gasteiger partial charge < -0.3 is 14.8 Å². The Balaban J connectivity index is 1.45. The van der Waals surface area contributed by atoms with Crippen LogP contribution in [0.5, 0.6) is 0 Å². The predicted octanol–water partition coefficient (Wildman–Crippen LogP) is 3.10. The Morgan fingerprint density at radius 3 is 2.68 bits per heavy atom. The van der Waals surface area contributed by atoms with Crippen molar-refractivity contribution in [3.8, 4) is 0 Å². The topological polar surface area (TPSA) is 76.2 Å². The molecule has 1 aromatic heterocycles. The molecular formula is C19H31N3O3. The molecule has 1 amide bonds. The van der Waals surface area contributed by atoms with Crippen molar-refractivity contribution in [1.82, 2.24) is 15.5 Å². The van der Waals surface area contributed by atoms with Crippen molar-refractivity contribution in [2.45, 2.75) is 83.5 Å². The normalized spacial score (nSPS) is 24.2. The van der Waals surface area contributed by atoms with Crippen LogP contribution in [0.2, 0.25) is 0 Å². The molecule has 2 atom stereocenters. The Morgan fingerprint density at radius 1 is 1.32 bits per heavy atom. The number of amides is 1. The fraction of sp³-hybridized carbons (Fsp3) is 0.789. The van der Waals surface area contributed by atoms with Gasteiger partial charge in [-0.05, 0) is 38.2 Å². The second-order valence-corrected chi connectivity index (χ2v) is 7.63. The fourth-order valence-corrected chi connectivity index (χ4v) is 4.21. The van der Waals surface area contributed by atoms with E-state index in [0.29, 0.717) is 19.6 Å². The number of hydrogen-bond acceptors (Lipinski definition) is 4. The average molecular weight is 349 g/mol. The minimum absolute atomic E-state index is 0.0326. The van der Waals surface area contributed by atoms with Crippen molar-refractivity contribution in [3.05, 3.63) is 17.0 Å². The lowest BCUT2D eigenvalue weighted by atomic mass is 9.95. The fourth-order valence-electron chi connectivity index (χ4n) is 4.21. The van der Waals surface area contributed by atoms with Gasteiger partial charge in [-0.3, -0.25) is 9.89 Å². The van der Waals surface area contributed by atoms with E-state index in [9.17, 15) is 4.79 Å². The summed E-state index contributed by atoms with van der Waals surface area (Å²) in [6, 6.07) is 0. The van der Waals surface area contributed by atoms with Gasteiger partial charge in [-0.25, -0.2) is 0 Å². The van der Waals surface area contributed by atoms with Gasteiger partial charge in [0.1, 0.15) is 6.10 Å². The number of nitrogens with one attached hydrogen (secondary N) is 2. The Hall–Kier alpha value is -1.40. The quantitative estimate of drug-likeness (QED) is 0.856. The largest absolute Gasteiger partial charge is 0.353 e. The van der Waals surface area contributed by atoms with E-state index >= 15 is 0 Å². The summed E-state index contributed by atoms with van der Waals surface area (Å²) in [5.74, 6) is -0.185. The van der Waals surface area contributed by atoms with E-state index in [2.05, 4.69) is 22.4 Å². The molecule has 1 spiro atoms. The van der Waals surface area contributed by atoms with Gasteiger partial charge >= 0.3 is 0 Å². The van der Waals surface area contributed by atoms with Gasteiger partial charge in [0.25, 0.3) is 0 Å². The van der Waals surface area contributed by atoms with Crippen LogP contribution in [0.4, 0.5) is 0 Å². The summed E-state index contributed by atoms with van der Waals surface area (Å²) in [5, 5.41) is 10.2. The molecule has 1 saturated heterocycles. The van der Waals surface area contributed by atoms with Crippen molar-refractivity contribution < 1.29 is 14.3 Å². The first kappa shape index (κ1) is 18.4. The number of hydrogen-bond donors (Lipinski definition) is 2. The zero-order valence-electron chi connectivity index (χ0n) is 15.7. The Morgan fingerprint density at radius 2 is 2.04 bits per heavy atom. The Labute approximate surface area is 150 Å². The molecule has 1 aromatic rings. The lowest BCUT2D eigenvalue weighted by molar-refractivity contribution is -0.175. The number of carbonyl (C=O) groups excluding carboxylic acids is 1. The summed E-state index contributed by atoms with van der Waals surface area (Å²) in [7, 11) is 0. The molecule has 0 bridgehead atoms. The number of H-pyrrole nitrogens is 1. The van der Waals surface area contributed by atoms with E-state index in [1.807, 2.05) is 13.8 Å². The first-order valence-corrected chi connectivity index (χ1v) is 9.59. The number of aryl methyl sites for hydroxylation is 2. The predicted molar refractivity (Wildman–Crippen MR) is 95.4 cm³/mol. The number of aromatic amines is 1. The van der Waals surface area contributed by atoms with E-state index in [-0.39, 0.29) is 23.7 Å². The molecule has 0 radical (unpaired) electrons. The minimum Gasteiger partial charge on any atom is -0.353 e. The van der Waals surface area contributed by atoms with Crippen LogP contribution >= 0.6 is 0 Å². The number of carbonyl (C=O) groups is 1. The third-order valence-corrected chi connectivity index (χ3v) is 5.48. The number of rotatable bonds is 5. The maximum absolute atomic E-state index is 12.3. The van der Waals surface area contributed by atoms with Crippen LogP contribution in [0.1, 0.15) is 74.7 Å². The van der Waals surface area contributed by atoms with Crippen molar-refractivity contribution in [2.75, 3.05) is 13.2 Å². The summed E-state index contributed by atoms with van der Waals surface area (Å²) in [4.78, 5) is 12.3. The average Bonchev–Trinajstić information content (AvgIpc) is 3.03. The number of ether oxygens (including phenoxy) is 2. The summed E-state index contributed by atoms with van der Waals surface area (Å²) in [5.41, 5.74) is 3.16. The molecule has 0 aromatic carbocycles. The molecule has 140 valence electrons. The van der Waals surface area contributed by atoms with Crippen LogP contribution in [0.25, 0.3) is 0 Å². The van der Waals surface area contributed by atoms with Gasteiger partial charge in [0.15, 0.2) is 5.79 Å². The van der Waals surface area contributed by atoms with Crippen LogP contribution < -0.4 is 5.32 Å². The van der Waals surface area contributed by atoms with E-state index in [1.54, 1.807) is 0 Å². The van der Waals surface area contributed by atoms with Gasteiger partial charge in [-0.15, -0.1) is 0 Å². The van der Waals surface area contributed by atoms with Gasteiger partial charge in [0, 0.05) is 31.5 Å². The first-order chi connectivity index (χ1) is 12.0. The number of nitrogens with zero attached hydrogens (tertiary/aromatic N) is 1. The van der Waals surface area contributed by atoms with Crippen molar-refractivity contribution in [1.29, 1.82) is 0 Å². The standard InChI is InChI=1S/C19H31N3O3/c1-13(18-14(2)21-22-15(18)3)10-17(23)20-11-16-12-24-19(25-16)8-6-4-5-7-9-19/h13,16H,4-12H2,1-3H3,(H,20,23)(H,21,22). The molecule has 6 nitrogen and oxygen atoms in total. The van der Waals surface area contributed by atoms with Gasteiger partial charge in [0.05, 0.1) is 12.3 Å². The monoisotopic (exact) mass is 349 g/mol. The molecular weight excluding hydrogens is 318 g/mol. The van der Waals surface area contributed by atoms with Crippen LogP contribution in [0.3, 0.4) is 0 Å². The van der Waals surface area contributed by atoms with E-state index < -0.39 is 0 Å². The summed E-state index contributed by atoms with van der Waals surface area (Å²) >= 11 is 0. The van der Waals surface area contributed by atoms with Crippen LogP contribution in [-0.4, -0.2) is 41.1 Å². The third kappa shape index (κ3) is 4.42. The van der Waals surface area contributed by atoms with E-state index in [1.165, 1.54) is 25.7 Å². The highest BCUT2D eigenvalue weighted by Crippen LogP contribution is 2.36. The summed E-state index contributed by atoms with van der Waals surface area (Å²) in [6.07, 6.45) is 7.25. The van der Waals surface area contributed by atoms with E-state index in [4.69, 9.17) is 9.47 Å². The van der Waals surface area contributed by atoms with Crippen LogP contribution in [-0.2, 0) is 14.3 Å². The van der Waals surface area contributed by atoms with Crippen molar-refractivity contribution in [3.63, 3.8) is 0 Å². The third-order valence-electron chi connectivity index (χ3n) is 5.48. The van der Waals surface area contributed by atoms with E-state index in [0.717, 1.165) is 29.8 Å². The molecule has 2 aliphatic rings. The molecule has 1 aliphatic carbocycles. The Bertz CT molecular complexity index is 571. The zero-order chi connectivity index (χ0) is 17.9.